The lowest BCUT2D eigenvalue weighted by Crippen LogP contribution is -2.45. The van der Waals surface area contributed by atoms with Gasteiger partial charge in [-0.25, -0.2) is 4.79 Å². The Kier molecular flexibility index (Phi) is 7.52. The van der Waals surface area contributed by atoms with E-state index >= 15 is 0 Å². The molecule has 2 aromatic carbocycles. The van der Waals surface area contributed by atoms with Gasteiger partial charge in [-0.05, 0) is 62.1 Å². The van der Waals surface area contributed by atoms with Gasteiger partial charge < -0.3 is 20.1 Å². The van der Waals surface area contributed by atoms with E-state index in [-0.39, 0.29) is 29.3 Å². The first-order chi connectivity index (χ1) is 16.7. The van der Waals surface area contributed by atoms with Crippen molar-refractivity contribution in [1.29, 1.82) is 0 Å². The highest BCUT2D eigenvalue weighted by molar-refractivity contribution is 5.90. The SMILES string of the molecule is O=C(O)c1ccccc1OC[C@@H]1CCC[C@@H]1NC(=O)C1CCN(c2ccc(C(F)(F)F)cc2)CC1. The summed E-state index contributed by atoms with van der Waals surface area (Å²) in [6.07, 6.45) is -0.380. The lowest BCUT2D eigenvalue weighted by molar-refractivity contribution is -0.137. The molecule has 1 aliphatic carbocycles. The highest BCUT2D eigenvalue weighted by atomic mass is 19.4. The molecule has 6 nitrogen and oxygen atoms in total. The summed E-state index contributed by atoms with van der Waals surface area (Å²) in [5.74, 6) is -0.754. The zero-order chi connectivity index (χ0) is 25.0. The van der Waals surface area contributed by atoms with E-state index in [1.54, 1.807) is 18.2 Å². The molecule has 1 heterocycles. The third kappa shape index (κ3) is 6.07. The van der Waals surface area contributed by atoms with Crippen LogP contribution in [-0.2, 0) is 11.0 Å². The van der Waals surface area contributed by atoms with Gasteiger partial charge in [-0.1, -0.05) is 18.6 Å². The van der Waals surface area contributed by atoms with Crippen molar-refractivity contribution in [2.45, 2.75) is 44.3 Å². The largest absolute Gasteiger partial charge is 0.492 e. The number of benzene rings is 2. The molecule has 0 unspecified atom stereocenters. The van der Waals surface area contributed by atoms with Crippen LogP contribution in [0.1, 0.15) is 48.0 Å². The fourth-order valence-corrected chi connectivity index (χ4v) is 4.95. The van der Waals surface area contributed by atoms with Crippen LogP contribution in [0.25, 0.3) is 0 Å². The lowest BCUT2D eigenvalue weighted by atomic mass is 9.94. The molecule has 2 aliphatic rings. The van der Waals surface area contributed by atoms with E-state index in [1.807, 2.05) is 4.90 Å². The van der Waals surface area contributed by atoms with Crippen LogP contribution in [-0.4, -0.2) is 42.7 Å². The van der Waals surface area contributed by atoms with Crippen molar-refractivity contribution in [2.24, 2.45) is 11.8 Å². The molecule has 0 spiro atoms. The van der Waals surface area contributed by atoms with Crippen LogP contribution in [0.2, 0.25) is 0 Å². The van der Waals surface area contributed by atoms with Crippen LogP contribution in [0.4, 0.5) is 18.9 Å². The molecule has 2 N–H and O–H groups in total. The number of aromatic carboxylic acids is 1. The fraction of sp³-hybridized carbons (Fsp3) is 0.462. The summed E-state index contributed by atoms with van der Waals surface area (Å²) >= 11 is 0. The van der Waals surface area contributed by atoms with Crippen molar-refractivity contribution < 1.29 is 32.6 Å². The third-order valence-electron chi connectivity index (χ3n) is 6.98. The molecule has 1 saturated heterocycles. The second-order valence-electron chi connectivity index (χ2n) is 9.22. The molecule has 9 heteroatoms. The summed E-state index contributed by atoms with van der Waals surface area (Å²) in [4.78, 5) is 26.3. The molecule has 1 amide bonds. The molecule has 2 fully saturated rings. The fourth-order valence-electron chi connectivity index (χ4n) is 4.95. The Morgan fingerprint density at radius 3 is 2.34 bits per heavy atom. The zero-order valence-electron chi connectivity index (χ0n) is 19.3. The van der Waals surface area contributed by atoms with Crippen LogP contribution in [0.15, 0.2) is 48.5 Å². The van der Waals surface area contributed by atoms with E-state index in [1.165, 1.54) is 18.2 Å². The Morgan fingerprint density at radius 1 is 1.00 bits per heavy atom. The number of piperidine rings is 1. The first-order valence-electron chi connectivity index (χ1n) is 11.9. The molecule has 35 heavy (non-hydrogen) atoms. The average molecular weight is 491 g/mol. The van der Waals surface area contributed by atoms with Crippen molar-refractivity contribution in [1.82, 2.24) is 5.32 Å². The third-order valence-corrected chi connectivity index (χ3v) is 6.98. The number of rotatable bonds is 7. The van der Waals surface area contributed by atoms with E-state index < -0.39 is 17.7 Å². The predicted octanol–water partition coefficient (Wildman–Crippen LogP) is 4.98. The molecule has 2 aromatic rings. The number of ether oxygens (including phenoxy) is 1. The first-order valence-corrected chi connectivity index (χ1v) is 11.9. The summed E-state index contributed by atoms with van der Waals surface area (Å²) in [5.41, 5.74) is 0.175. The molecule has 1 aliphatic heterocycles. The monoisotopic (exact) mass is 490 g/mol. The number of hydrogen-bond donors (Lipinski definition) is 2. The summed E-state index contributed by atoms with van der Waals surface area (Å²) in [6.45, 7) is 1.54. The van der Waals surface area contributed by atoms with Gasteiger partial charge in [0.1, 0.15) is 11.3 Å². The van der Waals surface area contributed by atoms with Gasteiger partial charge in [0.05, 0.1) is 12.2 Å². The number of hydrogen-bond acceptors (Lipinski definition) is 4. The molecule has 1 saturated carbocycles. The summed E-state index contributed by atoms with van der Waals surface area (Å²) < 4.78 is 44.2. The highest BCUT2D eigenvalue weighted by Crippen LogP contribution is 2.32. The second-order valence-corrected chi connectivity index (χ2v) is 9.22. The van der Waals surface area contributed by atoms with Crippen LogP contribution < -0.4 is 15.0 Å². The van der Waals surface area contributed by atoms with E-state index in [2.05, 4.69) is 5.32 Å². The normalized spacial score (nSPS) is 21.1. The Bertz CT molecular complexity index is 1030. The maximum absolute atomic E-state index is 12.9. The quantitative estimate of drug-likeness (QED) is 0.572. The van der Waals surface area contributed by atoms with Gasteiger partial charge in [0, 0.05) is 36.7 Å². The lowest BCUT2D eigenvalue weighted by Gasteiger charge is -2.34. The number of carbonyl (C=O) groups is 2. The van der Waals surface area contributed by atoms with E-state index in [0.717, 1.165) is 37.1 Å². The van der Waals surface area contributed by atoms with Gasteiger partial charge in [0.15, 0.2) is 0 Å². The number of amides is 1. The number of carboxylic acid groups (broad SMARTS) is 1. The van der Waals surface area contributed by atoms with Gasteiger partial charge in [-0.15, -0.1) is 0 Å². The summed E-state index contributed by atoms with van der Waals surface area (Å²) in [5, 5.41) is 12.5. The van der Waals surface area contributed by atoms with E-state index in [0.29, 0.717) is 38.3 Å². The minimum absolute atomic E-state index is 0.0000875. The molecule has 0 bridgehead atoms. The molecule has 188 valence electrons. The van der Waals surface area contributed by atoms with Crippen molar-refractivity contribution in [2.75, 3.05) is 24.6 Å². The molecule has 0 aromatic heterocycles. The Balaban J connectivity index is 1.27. The van der Waals surface area contributed by atoms with Crippen molar-refractivity contribution in [3.8, 4) is 5.75 Å². The number of nitrogens with zero attached hydrogens (tertiary/aromatic N) is 1. The van der Waals surface area contributed by atoms with Gasteiger partial charge in [0.2, 0.25) is 5.91 Å². The predicted molar refractivity (Wildman–Crippen MR) is 125 cm³/mol. The Morgan fingerprint density at radius 2 is 1.69 bits per heavy atom. The van der Waals surface area contributed by atoms with Crippen molar-refractivity contribution >= 4 is 17.6 Å². The second kappa shape index (κ2) is 10.6. The Hall–Kier alpha value is -3.23. The molecule has 2 atom stereocenters. The number of carbonyl (C=O) groups excluding carboxylic acids is 1. The van der Waals surface area contributed by atoms with Crippen molar-refractivity contribution in [3.05, 3.63) is 59.7 Å². The number of para-hydroxylation sites is 1. The maximum atomic E-state index is 12.9. The first kappa shape index (κ1) is 24.9. The molecular formula is C26H29F3N2O4. The number of carboxylic acids is 1. The molecule has 4 rings (SSSR count). The van der Waals surface area contributed by atoms with E-state index in [4.69, 9.17) is 4.74 Å². The highest BCUT2D eigenvalue weighted by Gasteiger charge is 2.33. The molecule has 0 radical (unpaired) electrons. The molecular weight excluding hydrogens is 461 g/mol. The number of nitrogens with one attached hydrogen (secondary N) is 1. The topological polar surface area (TPSA) is 78.9 Å². The average Bonchev–Trinajstić information content (AvgIpc) is 3.29. The van der Waals surface area contributed by atoms with E-state index in [9.17, 15) is 27.9 Å². The Labute approximate surface area is 202 Å². The smallest absolute Gasteiger partial charge is 0.416 e. The maximum Gasteiger partial charge on any atom is 0.416 e. The van der Waals surface area contributed by atoms with Gasteiger partial charge >= 0.3 is 12.1 Å². The van der Waals surface area contributed by atoms with Crippen LogP contribution in [0.5, 0.6) is 5.75 Å². The number of halogens is 3. The van der Waals surface area contributed by atoms with Gasteiger partial charge in [-0.3, -0.25) is 4.79 Å². The summed E-state index contributed by atoms with van der Waals surface area (Å²) in [7, 11) is 0. The number of anilines is 1. The van der Waals surface area contributed by atoms with Crippen LogP contribution in [0, 0.1) is 11.8 Å². The zero-order valence-corrected chi connectivity index (χ0v) is 19.3. The van der Waals surface area contributed by atoms with Crippen LogP contribution >= 0.6 is 0 Å². The standard InChI is InChI=1S/C26H29F3N2O4/c27-26(28,29)19-8-10-20(11-9-19)31-14-12-17(13-15-31)24(32)30-22-6-3-4-18(22)16-35-23-7-2-1-5-21(23)25(33)34/h1-2,5,7-11,17-18,22H,3-4,6,12-16H2,(H,30,32)(H,33,34)/t18-,22-/m0/s1. The minimum Gasteiger partial charge on any atom is -0.492 e. The minimum atomic E-state index is -4.35. The summed E-state index contributed by atoms with van der Waals surface area (Å²) in [6, 6.07) is 11.6. The van der Waals surface area contributed by atoms with Gasteiger partial charge in [-0.2, -0.15) is 13.2 Å². The van der Waals surface area contributed by atoms with Crippen molar-refractivity contribution in [3.63, 3.8) is 0 Å². The van der Waals surface area contributed by atoms with Gasteiger partial charge in [0.25, 0.3) is 0 Å². The van der Waals surface area contributed by atoms with Crippen LogP contribution in [0.3, 0.4) is 0 Å². The number of alkyl halides is 3.